The highest BCUT2D eigenvalue weighted by molar-refractivity contribution is 5.97. The molecule has 0 aliphatic heterocycles. The Bertz CT molecular complexity index is 473. The van der Waals surface area contributed by atoms with E-state index in [1.807, 2.05) is 13.8 Å². The first kappa shape index (κ1) is 18.4. The average Bonchev–Trinajstić information content (AvgIpc) is 2.38. The molecule has 0 bridgehead atoms. The Morgan fingerprint density at radius 2 is 1.82 bits per heavy atom. The van der Waals surface area contributed by atoms with Gasteiger partial charge in [-0.1, -0.05) is 20.3 Å². The molecule has 0 saturated carbocycles. The Morgan fingerprint density at radius 1 is 1.14 bits per heavy atom. The molecule has 0 aromatic rings. The third kappa shape index (κ3) is 6.00. The number of carbonyl (C=O) groups excluding carboxylic acids is 3. The van der Waals surface area contributed by atoms with Crippen LogP contribution in [0.15, 0.2) is 11.3 Å². The van der Waals surface area contributed by atoms with Crippen LogP contribution < -0.4 is 0 Å². The van der Waals surface area contributed by atoms with Gasteiger partial charge in [-0.3, -0.25) is 14.4 Å². The summed E-state index contributed by atoms with van der Waals surface area (Å²) in [5, 5.41) is 0. The van der Waals surface area contributed by atoms with Gasteiger partial charge in [-0.2, -0.15) is 0 Å². The lowest BCUT2D eigenvalue weighted by atomic mass is 9.75. The van der Waals surface area contributed by atoms with Crippen molar-refractivity contribution < 1.29 is 23.9 Å². The minimum absolute atomic E-state index is 0.0699. The summed E-state index contributed by atoms with van der Waals surface area (Å²) in [4.78, 5) is 34.6. The van der Waals surface area contributed by atoms with Crippen molar-refractivity contribution >= 4 is 17.7 Å². The fraction of sp³-hybridized carbons (Fsp3) is 0.706. The van der Waals surface area contributed by atoms with Crippen molar-refractivity contribution in [2.45, 2.75) is 65.7 Å². The third-order valence-electron chi connectivity index (χ3n) is 3.75. The largest absolute Gasteiger partial charge is 0.469 e. The molecule has 0 aromatic carbocycles. The number of Topliss-reactive ketones (excluding diaryl/α,β-unsaturated/α-hetero) is 1. The van der Waals surface area contributed by atoms with Crippen molar-refractivity contribution in [1.82, 2.24) is 0 Å². The highest BCUT2D eigenvalue weighted by Crippen LogP contribution is 2.38. The van der Waals surface area contributed by atoms with Gasteiger partial charge in [-0.05, 0) is 24.7 Å². The number of ether oxygens (including phenoxy) is 2. The molecule has 22 heavy (non-hydrogen) atoms. The van der Waals surface area contributed by atoms with E-state index >= 15 is 0 Å². The van der Waals surface area contributed by atoms with Gasteiger partial charge in [-0.25, -0.2) is 0 Å². The van der Waals surface area contributed by atoms with Gasteiger partial charge < -0.3 is 9.47 Å². The smallest absolute Gasteiger partial charge is 0.307 e. The molecule has 0 saturated heterocycles. The first-order valence-electron chi connectivity index (χ1n) is 7.75. The van der Waals surface area contributed by atoms with Crippen LogP contribution in [0.3, 0.4) is 0 Å². The number of hydrogen-bond donors (Lipinski definition) is 0. The van der Waals surface area contributed by atoms with E-state index in [9.17, 15) is 14.4 Å². The monoisotopic (exact) mass is 310 g/mol. The standard InChI is InChI=1S/C17H26O5/c1-12(18)22-15-11-17(2,3)10-14(19)13(15)8-6-5-7-9-16(20)21-4/h5-11H2,1-4H3. The highest BCUT2D eigenvalue weighted by Gasteiger charge is 2.34. The summed E-state index contributed by atoms with van der Waals surface area (Å²) in [5.74, 6) is 0.00110. The minimum atomic E-state index is -0.385. The van der Waals surface area contributed by atoms with Crippen molar-refractivity contribution in [3.05, 3.63) is 11.3 Å². The van der Waals surface area contributed by atoms with Crippen molar-refractivity contribution in [1.29, 1.82) is 0 Å². The number of unbranched alkanes of at least 4 members (excludes halogenated alkanes) is 2. The van der Waals surface area contributed by atoms with Gasteiger partial charge >= 0.3 is 11.9 Å². The van der Waals surface area contributed by atoms with Gasteiger partial charge in [-0.15, -0.1) is 0 Å². The van der Waals surface area contributed by atoms with E-state index in [1.54, 1.807) is 0 Å². The second kappa shape index (κ2) is 8.11. The first-order valence-corrected chi connectivity index (χ1v) is 7.75. The molecule has 0 aromatic heterocycles. The molecule has 0 unspecified atom stereocenters. The van der Waals surface area contributed by atoms with Crippen molar-refractivity contribution in [3.8, 4) is 0 Å². The van der Waals surface area contributed by atoms with E-state index < -0.39 is 0 Å². The molecule has 0 atom stereocenters. The van der Waals surface area contributed by atoms with E-state index in [0.29, 0.717) is 37.0 Å². The van der Waals surface area contributed by atoms with Crippen LogP contribution in [0.25, 0.3) is 0 Å². The van der Waals surface area contributed by atoms with Gasteiger partial charge in [0.1, 0.15) is 5.76 Å². The first-order chi connectivity index (χ1) is 10.2. The molecule has 0 radical (unpaired) electrons. The van der Waals surface area contributed by atoms with Crippen LogP contribution in [0.5, 0.6) is 0 Å². The van der Waals surface area contributed by atoms with E-state index in [2.05, 4.69) is 4.74 Å². The van der Waals surface area contributed by atoms with E-state index in [0.717, 1.165) is 19.3 Å². The maximum atomic E-state index is 12.3. The predicted molar refractivity (Wildman–Crippen MR) is 81.9 cm³/mol. The van der Waals surface area contributed by atoms with Crippen LogP contribution >= 0.6 is 0 Å². The molecule has 5 heteroatoms. The molecule has 124 valence electrons. The van der Waals surface area contributed by atoms with Crippen LogP contribution in [0, 0.1) is 5.41 Å². The van der Waals surface area contributed by atoms with Gasteiger partial charge in [0.15, 0.2) is 5.78 Å². The van der Waals surface area contributed by atoms with Crippen LogP contribution in [-0.2, 0) is 23.9 Å². The van der Waals surface area contributed by atoms with Crippen molar-refractivity contribution in [3.63, 3.8) is 0 Å². The Hall–Kier alpha value is -1.65. The number of esters is 2. The fourth-order valence-corrected chi connectivity index (χ4v) is 2.70. The normalized spacial score (nSPS) is 17.4. The van der Waals surface area contributed by atoms with Crippen molar-refractivity contribution in [2.75, 3.05) is 7.11 Å². The maximum absolute atomic E-state index is 12.3. The van der Waals surface area contributed by atoms with Crippen LogP contribution in [0.2, 0.25) is 0 Å². The average molecular weight is 310 g/mol. The highest BCUT2D eigenvalue weighted by atomic mass is 16.5. The molecule has 0 fully saturated rings. The Morgan fingerprint density at radius 3 is 2.41 bits per heavy atom. The minimum Gasteiger partial charge on any atom is -0.469 e. The summed E-state index contributed by atoms with van der Waals surface area (Å²) < 4.78 is 9.86. The lowest BCUT2D eigenvalue weighted by molar-refractivity contribution is -0.141. The summed E-state index contributed by atoms with van der Waals surface area (Å²) in [6, 6.07) is 0. The Balaban J connectivity index is 2.62. The predicted octanol–water partition coefficient (Wildman–Crippen LogP) is 3.32. The number of ketones is 1. The Labute approximate surface area is 132 Å². The van der Waals surface area contributed by atoms with Crippen LogP contribution in [0.1, 0.15) is 65.7 Å². The van der Waals surface area contributed by atoms with Crippen molar-refractivity contribution in [2.24, 2.45) is 5.41 Å². The molecule has 1 aliphatic carbocycles. The quantitative estimate of drug-likeness (QED) is 0.533. The molecule has 0 amide bonds. The second-order valence-electron chi connectivity index (χ2n) is 6.57. The number of allylic oxidation sites excluding steroid dienone is 2. The van der Waals surface area contributed by atoms with Gasteiger partial charge in [0.2, 0.25) is 0 Å². The number of hydrogen-bond acceptors (Lipinski definition) is 5. The summed E-state index contributed by atoms with van der Waals surface area (Å²) in [6.07, 6.45) is 4.45. The number of methoxy groups -OCH3 is 1. The van der Waals surface area contributed by atoms with Gasteiger partial charge in [0, 0.05) is 31.8 Å². The lowest BCUT2D eigenvalue weighted by Gasteiger charge is -2.31. The molecule has 1 aliphatic rings. The fourth-order valence-electron chi connectivity index (χ4n) is 2.70. The molecule has 0 heterocycles. The molecule has 0 spiro atoms. The molecule has 1 rings (SSSR count). The topological polar surface area (TPSA) is 69.7 Å². The van der Waals surface area contributed by atoms with E-state index in [-0.39, 0.29) is 23.1 Å². The van der Waals surface area contributed by atoms with Gasteiger partial charge in [0.25, 0.3) is 0 Å². The zero-order valence-corrected chi connectivity index (χ0v) is 14.0. The zero-order valence-electron chi connectivity index (χ0n) is 14.0. The maximum Gasteiger partial charge on any atom is 0.307 e. The summed E-state index contributed by atoms with van der Waals surface area (Å²) in [7, 11) is 1.38. The summed E-state index contributed by atoms with van der Waals surface area (Å²) in [6.45, 7) is 5.36. The van der Waals surface area contributed by atoms with E-state index in [1.165, 1.54) is 14.0 Å². The zero-order chi connectivity index (χ0) is 16.8. The SMILES string of the molecule is COC(=O)CCCCCC1=C(OC(C)=O)CC(C)(C)CC1=O. The third-order valence-corrected chi connectivity index (χ3v) is 3.75. The lowest BCUT2D eigenvalue weighted by Crippen LogP contribution is -2.27. The van der Waals surface area contributed by atoms with Gasteiger partial charge in [0.05, 0.1) is 7.11 Å². The number of carbonyl (C=O) groups is 3. The molecular formula is C17H26O5. The summed E-state index contributed by atoms with van der Waals surface area (Å²) >= 11 is 0. The van der Waals surface area contributed by atoms with Crippen LogP contribution in [-0.4, -0.2) is 24.8 Å². The van der Waals surface area contributed by atoms with Crippen LogP contribution in [0.4, 0.5) is 0 Å². The summed E-state index contributed by atoms with van der Waals surface area (Å²) in [5.41, 5.74) is 0.476. The second-order valence-corrected chi connectivity index (χ2v) is 6.57. The molecular weight excluding hydrogens is 284 g/mol. The van der Waals surface area contributed by atoms with E-state index in [4.69, 9.17) is 4.74 Å². The molecule has 0 N–H and O–H groups in total. The number of rotatable bonds is 7. The molecule has 5 nitrogen and oxygen atoms in total. The Kier molecular flexibility index (Phi) is 6.78.